The molecule has 1 aliphatic rings. The summed E-state index contributed by atoms with van der Waals surface area (Å²) in [4.78, 5) is 10.4. The van der Waals surface area contributed by atoms with E-state index in [9.17, 15) is 4.79 Å². The summed E-state index contributed by atoms with van der Waals surface area (Å²) in [5, 5.41) is 9.19. The Morgan fingerprint density at radius 1 is 1.53 bits per heavy atom. The number of carboxylic acids is 1. The fourth-order valence-corrected chi connectivity index (χ4v) is 2.46. The van der Waals surface area contributed by atoms with Crippen LogP contribution in [0.1, 0.15) is 5.56 Å². The van der Waals surface area contributed by atoms with Gasteiger partial charge in [-0.15, -0.1) is 0 Å². The summed E-state index contributed by atoms with van der Waals surface area (Å²) in [5.74, 6) is 0.742. The molecule has 0 radical (unpaired) electrons. The van der Waals surface area contributed by atoms with Gasteiger partial charge < -0.3 is 14.6 Å². The second kappa shape index (κ2) is 7.21. The SMILES string of the molecule is O=C(O)C=Cc1cccc(OCCSC2COC2)c1. The highest BCUT2D eigenvalue weighted by Gasteiger charge is 2.17. The van der Waals surface area contributed by atoms with Gasteiger partial charge in [0.15, 0.2) is 0 Å². The molecule has 0 unspecified atom stereocenters. The van der Waals surface area contributed by atoms with Gasteiger partial charge >= 0.3 is 5.97 Å². The van der Waals surface area contributed by atoms with Gasteiger partial charge in [-0.1, -0.05) is 12.1 Å². The lowest BCUT2D eigenvalue weighted by Crippen LogP contribution is -2.31. The minimum atomic E-state index is -0.953. The molecule has 0 amide bonds. The van der Waals surface area contributed by atoms with Gasteiger partial charge in [0.25, 0.3) is 0 Å². The Morgan fingerprint density at radius 2 is 2.37 bits per heavy atom. The van der Waals surface area contributed by atoms with E-state index in [1.165, 1.54) is 0 Å². The lowest BCUT2D eigenvalue weighted by atomic mass is 10.2. The molecule has 1 aromatic carbocycles. The van der Waals surface area contributed by atoms with Crippen molar-refractivity contribution in [3.05, 3.63) is 35.9 Å². The number of benzene rings is 1. The van der Waals surface area contributed by atoms with Crippen molar-refractivity contribution < 1.29 is 19.4 Å². The lowest BCUT2D eigenvalue weighted by Gasteiger charge is -2.25. The van der Waals surface area contributed by atoms with Crippen molar-refractivity contribution in [1.82, 2.24) is 0 Å². The van der Waals surface area contributed by atoms with Crippen molar-refractivity contribution in [2.45, 2.75) is 5.25 Å². The van der Waals surface area contributed by atoms with Crippen LogP contribution < -0.4 is 4.74 Å². The van der Waals surface area contributed by atoms with Crippen molar-refractivity contribution in [3.8, 4) is 5.75 Å². The Bertz CT molecular complexity index is 455. The molecule has 2 rings (SSSR count). The number of thioether (sulfide) groups is 1. The molecule has 1 N–H and O–H groups in total. The molecular weight excluding hydrogens is 264 g/mol. The van der Waals surface area contributed by atoms with Crippen molar-refractivity contribution in [2.75, 3.05) is 25.6 Å². The molecule has 0 spiro atoms. The maximum Gasteiger partial charge on any atom is 0.328 e. The van der Waals surface area contributed by atoms with E-state index in [1.807, 2.05) is 36.0 Å². The molecule has 1 fully saturated rings. The molecule has 0 bridgehead atoms. The number of hydrogen-bond donors (Lipinski definition) is 1. The minimum absolute atomic E-state index is 0.619. The Kier molecular flexibility index (Phi) is 5.30. The first-order chi connectivity index (χ1) is 9.24. The van der Waals surface area contributed by atoms with Crippen LogP contribution in [0.5, 0.6) is 5.75 Å². The van der Waals surface area contributed by atoms with Gasteiger partial charge in [-0.05, 0) is 23.8 Å². The van der Waals surface area contributed by atoms with E-state index in [4.69, 9.17) is 14.6 Å². The predicted molar refractivity (Wildman–Crippen MR) is 75.7 cm³/mol. The van der Waals surface area contributed by atoms with Gasteiger partial charge in [0.05, 0.1) is 25.1 Å². The van der Waals surface area contributed by atoms with Crippen molar-refractivity contribution in [3.63, 3.8) is 0 Å². The minimum Gasteiger partial charge on any atom is -0.493 e. The summed E-state index contributed by atoms with van der Waals surface area (Å²) in [6.45, 7) is 2.34. The Hall–Kier alpha value is -1.46. The number of carboxylic acid groups (broad SMARTS) is 1. The van der Waals surface area contributed by atoms with Gasteiger partial charge in [-0.25, -0.2) is 4.79 Å². The van der Waals surface area contributed by atoms with Crippen LogP contribution in [-0.2, 0) is 9.53 Å². The smallest absolute Gasteiger partial charge is 0.328 e. The third-order valence-electron chi connectivity index (χ3n) is 2.59. The van der Waals surface area contributed by atoms with Crippen molar-refractivity contribution >= 4 is 23.8 Å². The highest BCUT2D eigenvalue weighted by atomic mass is 32.2. The van der Waals surface area contributed by atoms with Crippen LogP contribution >= 0.6 is 11.8 Å². The molecule has 5 heteroatoms. The number of ether oxygens (including phenoxy) is 2. The first-order valence-electron chi connectivity index (χ1n) is 6.07. The molecule has 0 aromatic heterocycles. The van der Waals surface area contributed by atoms with E-state index >= 15 is 0 Å². The molecule has 0 atom stereocenters. The lowest BCUT2D eigenvalue weighted by molar-refractivity contribution is -0.131. The van der Waals surface area contributed by atoms with E-state index in [2.05, 4.69) is 0 Å². The quantitative estimate of drug-likeness (QED) is 0.613. The monoisotopic (exact) mass is 280 g/mol. The van der Waals surface area contributed by atoms with Crippen molar-refractivity contribution in [1.29, 1.82) is 0 Å². The summed E-state index contributed by atoms with van der Waals surface area (Å²) in [6, 6.07) is 7.39. The summed E-state index contributed by atoms with van der Waals surface area (Å²) in [6.07, 6.45) is 2.67. The van der Waals surface area contributed by atoms with E-state index < -0.39 is 5.97 Å². The fraction of sp³-hybridized carbons (Fsp3) is 0.357. The summed E-state index contributed by atoms with van der Waals surface area (Å²) in [5.41, 5.74) is 0.819. The third kappa shape index (κ3) is 4.96. The number of rotatable bonds is 7. The molecule has 102 valence electrons. The van der Waals surface area contributed by atoms with Crippen molar-refractivity contribution in [2.24, 2.45) is 0 Å². The van der Waals surface area contributed by atoms with Crippen LogP contribution in [0, 0.1) is 0 Å². The van der Waals surface area contributed by atoms with Crippen LogP contribution in [0.4, 0.5) is 0 Å². The topological polar surface area (TPSA) is 55.8 Å². The summed E-state index contributed by atoms with van der Waals surface area (Å²) < 4.78 is 10.7. The summed E-state index contributed by atoms with van der Waals surface area (Å²) >= 11 is 1.86. The van der Waals surface area contributed by atoms with Crippen LogP contribution in [0.3, 0.4) is 0 Å². The molecule has 0 saturated carbocycles. The molecule has 4 nitrogen and oxygen atoms in total. The first-order valence-corrected chi connectivity index (χ1v) is 7.12. The zero-order valence-electron chi connectivity index (χ0n) is 10.5. The molecule has 1 aromatic rings. The zero-order valence-corrected chi connectivity index (χ0v) is 11.3. The van der Waals surface area contributed by atoms with Crippen LogP contribution in [0.25, 0.3) is 6.08 Å². The normalized spacial score (nSPS) is 15.4. The number of hydrogen-bond acceptors (Lipinski definition) is 4. The van der Waals surface area contributed by atoms with E-state index in [0.29, 0.717) is 11.9 Å². The molecule has 1 saturated heterocycles. The Morgan fingerprint density at radius 3 is 3.05 bits per heavy atom. The van der Waals surface area contributed by atoms with Gasteiger partial charge in [0, 0.05) is 11.8 Å². The Balaban J connectivity index is 1.76. The van der Waals surface area contributed by atoms with Gasteiger partial charge in [-0.2, -0.15) is 11.8 Å². The summed E-state index contributed by atoms with van der Waals surface area (Å²) in [7, 11) is 0. The highest BCUT2D eigenvalue weighted by Crippen LogP contribution is 2.19. The van der Waals surface area contributed by atoms with E-state index in [-0.39, 0.29) is 0 Å². The number of carbonyl (C=O) groups is 1. The van der Waals surface area contributed by atoms with Crippen LogP contribution in [0.15, 0.2) is 30.3 Å². The zero-order chi connectivity index (χ0) is 13.5. The predicted octanol–water partition coefficient (Wildman–Crippen LogP) is 2.30. The average molecular weight is 280 g/mol. The standard InChI is InChI=1S/C14H16O4S/c15-14(16)5-4-11-2-1-3-12(8-11)18-6-7-19-13-9-17-10-13/h1-5,8,13H,6-7,9-10H2,(H,15,16). The van der Waals surface area contributed by atoms with Gasteiger partial charge in [0.2, 0.25) is 0 Å². The fourth-order valence-electron chi connectivity index (χ4n) is 1.56. The second-order valence-electron chi connectivity index (χ2n) is 4.12. The van der Waals surface area contributed by atoms with Gasteiger partial charge in [0.1, 0.15) is 5.75 Å². The van der Waals surface area contributed by atoms with Crippen LogP contribution in [0.2, 0.25) is 0 Å². The van der Waals surface area contributed by atoms with E-state index in [0.717, 1.165) is 36.4 Å². The molecule has 19 heavy (non-hydrogen) atoms. The molecule has 0 aliphatic carbocycles. The average Bonchev–Trinajstić information content (AvgIpc) is 2.34. The first kappa shape index (κ1) is 14.0. The maximum absolute atomic E-state index is 10.4. The highest BCUT2D eigenvalue weighted by molar-refractivity contribution is 8.00. The number of aliphatic carboxylic acids is 1. The third-order valence-corrected chi connectivity index (χ3v) is 3.74. The second-order valence-corrected chi connectivity index (χ2v) is 5.53. The molecule has 1 aliphatic heterocycles. The maximum atomic E-state index is 10.4. The largest absolute Gasteiger partial charge is 0.493 e. The Labute approximate surface area is 116 Å². The van der Waals surface area contributed by atoms with Crippen LogP contribution in [-0.4, -0.2) is 41.9 Å². The molecular formula is C14H16O4S. The molecule has 1 heterocycles. The van der Waals surface area contributed by atoms with E-state index in [1.54, 1.807) is 6.08 Å². The van der Waals surface area contributed by atoms with Gasteiger partial charge in [-0.3, -0.25) is 0 Å².